The standard InChI is InChI=1S/C39H50N8O4.2C36H45N7O4/c1-22(2)24(5)37(49)47-16-8-11-33(47)35-40-21-32(43-35)28-15-14-25-17-27(13-12-26(25)18-28)29-19-41-38(42-20-29)45-31-10-7-9-30(31)44-36(48)34(23(3)4)46-39(50)51-6;2*1-35(2,3)46-33(44)42-28-10-7-9-27(28)41-32-38-19-26(20-39-32)24-13-12-23-18-25(15-14-22(23)17-24)29-21-37-31(40-29)30-11-8-16-43(30)34(45)47-36(4,5)6/h12-15,17-24,30-31,33-34H,7-11,16H2,1-6H3,(H,40,43)(H,44,48)(H,46,50)(H,41,42,45);2*12-15,17-21,27-28,30H,7-11,16H2,1-6H3,(H,37,40)(H,42,44)(H,38,39,41)/t24-,30-,31-,33-,34-;27-,28-,30+;27-,28-,30-/m010/s1. The Labute approximate surface area is 847 Å². The van der Waals surface area contributed by atoms with Crippen molar-refractivity contribution in [2.24, 2.45) is 17.8 Å². The van der Waals surface area contributed by atoms with Crippen LogP contribution in [-0.2, 0) is 33.3 Å². The molecule has 12 aromatic rings. The molecule has 9 heterocycles. The van der Waals surface area contributed by atoms with Gasteiger partial charge in [-0.25, -0.2) is 68.8 Å². The molecule has 3 aliphatic heterocycles. The van der Waals surface area contributed by atoms with E-state index in [0.717, 1.165) is 220 Å². The Morgan fingerprint density at radius 2 is 0.614 bits per heavy atom. The number of nitrogens with one attached hydrogen (secondary N) is 10. The van der Waals surface area contributed by atoms with Crippen LogP contribution in [0.5, 0.6) is 0 Å². The van der Waals surface area contributed by atoms with Crippen LogP contribution >= 0.6 is 0 Å². The third kappa shape index (κ3) is 26.4. The van der Waals surface area contributed by atoms with E-state index in [1.54, 1.807) is 9.80 Å². The van der Waals surface area contributed by atoms with Crippen LogP contribution in [-0.4, -0.2) is 208 Å². The summed E-state index contributed by atoms with van der Waals surface area (Å²) in [5, 5.41) is 28.5. The molecular formula is C111H140N22O12. The lowest BCUT2D eigenvalue weighted by molar-refractivity contribution is -0.137. The summed E-state index contributed by atoms with van der Waals surface area (Å²) in [6, 6.07) is 36.9. The lowest BCUT2D eigenvalue weighted by atomic mass is 9.96. The van der Waals surface area contributed by atoms with E-state index < -0.39 is 46.7 Å². The molecule has 0 unspecified atom stereocenters. The Morgan fingerprint density at radius 3 is 0.917 bits per heavy atom. The highest BCUT2D eigenvalue weighted by atomic mass is 16.6. The molecule has 0 radical (unpaired) electrons. The van der Waals surface area contributed by atoms with Crippen molar-refractivity contribution in [3.8, 4) is 67.2 Å². The minimum atomic E-state index is -0.689. The van der Waals surface area contributed by atoms with E-state index >= 15 is 0 Å². The van der Waals surface area contributed by atoms with E-state index in [2.05, 4.69) is 215 Å². The van der Waals surface area contributed by atoms with Crippen molar-refractivity contribution in [2.45, 2.75) is 297 Å². The minimum Gasteiger partial charge on any atom is -0.453 e. The van der Waals surface area contributed by atoms with Crippen molar-refractivity contribution in [3.05, 3.63) is 182 Å². The molecule has 34 nitrogen and oxygen atoms in total. The van der Waals surface area contributed by atoms with E-state index in [0.29, 0.717) is 36.9 Å². The number of aromatic nitrogens is 12. The van der Waals surface area contributed by atoms with Crippen LogP contribution in [0.15, 0.2) is 165 Å². The molecule has 6 aromatic carbocycles. The van der Waals surface area contributed by atoms with E-state index in [9.17, 15) is 33.6 Å². The Kier molecular flexibility index (Phi) is 31.8. The van der Waals surface area contributed by atoms with Gasteiger partial charge in [0.15, 0.2) is 0 Å². The van der Waals surface area contributed by atoms with Crippen LogP contribution in [0.25, 0.3) is 99.5 Å². The second kappa shape index (κ2) is 44.5. The van der Waals surface area contributed by atoms with E-state index in [1.807, 2.05) is 165 Å². The fraction of sp³-hybridized carbons (Fsp3) is 0.477. The molecule has 11 atom stereocenters. The number of carbonyl (C=O) groups is 7. The van der Waals surface area contributed by atoms with Gasteiger partial charge in [0.2, 0.25) is 29.7 Å². The Hall–Kier alpha value is -14.3. The highest BCUT2D eigenvalue weighted by molar-refractivity contribution is 5.94. The number of carbonyl (C=O) groups excluding carboxylic acids is 7. The first-order valence-corrected chi connectivity index (χ1v) is 51.1. The fourth-order valence-corrected chi connectivity index (χ4v) is 19.8. The zero-order valence-electron chi connectivity index (χ0n) is 86.6. The second-order valence-corrected chi connectivity index (χ2v) is 43.7. The molecule has 0 spiro atoms. The highest BCUT2D eigenvalue weighted by Crippen LogP contribution is 2.41. The van der Waals surface area contributed by atoms with Gasteiger partial charge in [0.05, 0.1) is 73.0 Å². The number of H-pyrrole nitrogens is 3. The Balaban J connectivity index is 0.000000156. The van der Waals surface area contributed by atoms with Crippen LogP contribution in [0.1, 0.15) is 250 Å². The third-order valence-corrected chi connectivity index (χ3v) is 27.5. The first-order valence-electron chi connectivity index (χ1n) is 51.1. The van der Waals surface area contributed by atoms with E-state index in [-0.39, 0.29) is 90.2 Å². The number of aromatic amines is 3. The van der Waals surface area contributed by atoms with Gasteiger partial charge in [0, 0.05) is 120 Å². The highest BCUT2D eigenvalue weighted by Gasteiger charge is 2.41. The SMILES string of the molecule is CC(C)(C)OC(=O)N[C@@H]1CCC[C@H]1Nc1ncc(-c2ccc3cc(-c4cnc([C@@H]5CCCN5C(=O)OC(C)(C)C)[nH]4)ccc3c2)cn1.CC(C)(C)OC(=O)N[C@H]1CCC[C@@H]1Nc1ncc(-c2ccc3cc(-c4cnc([C@@H]5CCCN5C(=O)OC(C)(C)C)[nH]4)ccc3c2)cn1.COC(=O)N[C@H](C(=O)N[C@H]1CCC[C@@H]1Nc1ncc(-c2ccc3cc(-c4cnc([C@@H]5CCCN5C(=O)[C@@H](C)C(C)C)[nH]4)ccc3c2)cn1)C(C)C. The van der Waals surface area contributed by atoms with Gasteiger partial charge in [-0.15, -0.1) is 0 Å². The van der Waals surface area contributed by atoms with Crippen LogP contribution in [0.4, 0.5) is 41.8 Å². The molecule has 6 aliphatic rings. The lowest BCUT2D eigenvalue weighted by Gasteiger charge is -2.27. The number of benzene rings is 6. The topological polar surface area (TPSA) is 423 Å². The van der Waals surface area contributed by atoms with Crippen molar-refractivity contribution in [2.75, 3.05) is 42.7 Å². The third-order valence-electron chi connectivity index (χ3n) is 27.5. The molecule has 6 fully saturated rings. The predicted molar refractivity (Wildman–Crippen MR) is 561 cm³/mol. The van der Waals surface area contributed by atoms with Crippen molar-refractivity contribution in [1.29, 1.82) is 0 Å². The minimum absolute atomic E-state index is 0.0137. The maximum atomic E-state index is 13.2. The van der Waals surface area contributed by atoms with Crippen molar-refractivity contribution in [1.82, 2.24) is 95.8 Å². The normalized spacial score (nSPS) is 20.0. The number of fused-ring (bicyclic) bond motifs is 3. The van der Waals surface area contributed by atoms with Crippen LogP contribution in [0.3, 0.4) is 0 Å². The molecule has 3 aliphatic carbocycles. The van der Waals surface area contributed by atoms with Gasteiger partial charge in [0.1, 0.15) is 45.9 Å². The number of imidazole rings is 3. The maximum absolute atomic E-state index is 13.2. The molecule has 766 valence electrons. The number of amides is 7. The van der Waals surface area contributed by atoms with Gasteiger partial charge in [-0.05, 0) is 277 Å². The van der Waals surface area contributed by atoms with Crippen molar-refractivity contribution < 1.29 is 57.2 Å². The molecular weight excluding hydrogens is 1830 g/mol. The first kappa shape index (κ1) is 104. The lowest BCUT2D eigenvalue weighted by Crippen LogP contribution is -2.54. The average molecular weight is 1970 g/mol. The molecule has 145 heavy (non-hydrogen) atoms. The van der Waals surface area contributed by atoms with E-state index in [1.165, 1.54) is 7.11 Å². The smallest absolute Gasteiger partial charge is 0.410 e. The molecule has 7 amide bonds. The van der Waals surface area contributed by atoms with Gasteiger partial charge in [-0.3, -0.25) is 19.4 Å². The maximum Gasteiger partial charge on any atom is 0.410 e. The second-order valence-electron chi connectivity index (χ2n) is 43.7. The molecule has 34 heteroatoms. The molecule has 0 bridgehead atoms. The largest absolute Gasteiger partial charge is 0.453 e. The number of hydrogen-bond acceptors (Lipinski definition) is 24. The van der Waals surface area contributed by atoms with Gasteiger partial charge < -0.3 is 80.8 Å². The summed E-state index contributed by atoms with van der Waals surface area (Å²) in [6.07, 6.45) is 28.1. The zero-order valence-corrected chi connectivity index (χ0v) is 86.6. The van der Waals surface area contributed by atoms with Crippen LogP contribution in [0, 0.1) is 17.8 Å². The predicted octanol–water partition coefficient (Wildman–Crippen LogP) is 21.7. The number of hydrogen-bond donors (Lipinski definition) is 10. The monoisotopic (exact) mass is 1970 g/mol. The number of nitrogens with zero attached hydrogens (tertiary/aromatic N) is 12. The number of likely N-dealkylation sites (tertiary alicyclic amines) is 3. The van der Waals surface area contributed by atoms with Gasteiger partial charge in [-0.1, -0.05) is 107 Å². The molecule has 18 rings (SSSR count). The summed E-state index contributed by atoms with van der Waals surface area (Å²) in [4.78, 5) is 146. The fourth-order valence-electron chi connectivity index (χ4n) is 19.8. The zero-order chi connectivity index (χ0) is 103. The van der Waals surface area contributed by atoms with Gasteiger partial charge in [-0.2, -0.15) is 0 Å². The summed E-state index contributed by atoms with van der Waals surface area (Å²) in [5.74, 6) is 4.14. The Bertz CT molecular complexity index is 6320. The number of methoxy groups -OCH3 is 1. The van der Waals surface area contributed by atoms with E-state index in [4.69, 9.17) is 28.7 Å². The van der Waals surface area contributed by atoms with Gasteiger partial charge >= 0.3 is 30.5 Å². The summed E-state index contributed by atoms with van der Waals surface area (Å²) in [6.45, 7) is 34.5. The van der Waals surface area contributed by atoms with Crippen molar-refractivity contribution >= 4 is 92.4 Å². The molecule has 3 saturated carbocycles. The summed E-state index contributed by atoms with van der Waals surface area (Å²) in [7, 11) is 1.28. The number of anilines is 3. The number of rotatable bonds is 23. The van der Waals surface area contributed by atoms with Gasteiger partial charge in [0.25, 0.3) is 0 Å². The average Bonchev–Trinajstić information content (AvgIpc) is 1.76. The molecule has 3 saturated heterocycles. The van der Waals surface area contributed by atoms with Crippen LogP contribution in [0.2, 0.25) is 0 Å². The molecule has 10 N–H and O–H groups in total. The number of ether oxygens (including phenoxy) is 5. The summed E-state index contributed by atoms with van der Waals surface area (Å²) in [5.41, 5.74) is 9.47. The van der Waals surface area contributed by atoms with Crippen LogP contribution < -0.4 is 37.2 Å². The van der Waals surface area contributed by atoms with Crippen molar-refractivity contribution in [3.63, 3.8) is 0 Å². The number of alkyl carbamates (subject to hydrolysis) is 3. The molecule has 6 aromatic heterocycles. The quantitative estimate of drug-likeness (QED) is 0.0266. The summed E-state index contributed by atoms with van der Waals surface area (Å²) < 4.78 is 26.8. The Morgan fingerprint density at radius 1 is 0.324 bits per heavy atom. The first-order chi connectivity index (χ1) is 69.1. The summed E-state index contributed by atoms with van der Waals surface area (Å²) >= 11 is 0.